The maximum absolute atomic E-state index is 5.75. The summed E-state index contributed by atoms with van der Waals surface area (Å²) in [5.74, 6) is 1.23. The molecule has 6 heteroatoms. The van der Waals surface area contributed by atoms with E-state index in [1.807, 2.05) is 24.3 Å². The zero-order chi connectivity index (χ0) is 13.9. The van der Waals surface area contributed by atoms with Crippen LogP contribution in [-0.4, -0.2) is 22.8 Å². The number of aromatic nitrogens is 2. The SMILES string of the molecule is NCC1CCC(c2nc(Cc3ccccc3Br)no2)O1. The van der Waals surface area contributed by atoms with Crippen molar-refractivity contribution in [3.8, 4) is 0 Å². The number of ether oxygens (including phenoxy) is 1. The van der Waals surface area contributed by atoms with Gasteiger partial charge in [-0.3, -0.25) is 0 Å². The lowest BCUT2D eigenvalue weighted by Crippen LogP contribution is -2.18. The van der Waals surface area contributed by atoms with Crippen molar-refractivity contribution in [1.82, 2.24) is 10.1 Å². The number of nitrogens with two attached hydrogens (primary N) is 1. The summed E-state index contributed by atoms with van der Waals surface area (Å²) in [7, 11) is 0. The first-order chi connectivity index (χ1) is 9.76. The second-order valence-electron chi connectivity index (χ2n) is 4.88. The van der Waals surface area contributed by atoms with Crippen LogP contribution in [0.2, 0.25) is 0 Å². The summed E-state index contributed by atoms with van der Waals surface area (Å²) in [6.07, 6.45) is 2.47. The molecule has 1 fully saturated rings. The first kappa shape index (κ1) is 13.7. The molecule has 1 aliphatic rings. The van der Waals surface area contributed by atoms with Crippen LogP contribution in [0.25, 0.3) is 0 Å². The highest BCUT2D eigenvalue weighted by molar-refractivity contribution is 9.10. The average molecular weight is 338 g/mol. The van der Waals surface area contributed by atoms with Crippen molar-refractivity contribution in [3.63, 3.8) is 0 Å². The predicted octanol–water partition coefficient (Wildman–Crippen LogP) is 2.60. The summed E-state index contributed by atoms with van der Waals surface area (Å²) in [5.41, 5.74) is 6.73. The van der Waals surface area contributed by atoms with E-state index in [9.17, 15) is 0 Å². The predicted molar refractivity (Wildman–Crippen MR) is 77.1 cm³/mol. The molecule has 0 amide bonds. The first-order valence-corrected chi connectivity index (χ1v) is 7.47. The molecule has 1 aromatic heterocycles. The minimum atomic E-state index is -0.107. The molecule has 1 saturated heterocycles. The van der Waals surface area contributed by atoms with Crippen molar-refractivity contribution in [3.05, 3.63) is 46.0 Å². The van der Waals surface area contributed by atoms with Crippen LogP contribution in [-0.2, 0) is 11.2 Å². The van der Waals surface area contributed by atoms with E-state index >= 15 is 0 Å². The molecule has 0 bridgehead atoms. The molecule has 1 aromatic carbocycles. The lowest BCUT2D eigenvalue weighted by molar-refractivity contribution is 0.0307. The van der Waals surface area contributed by atoms with Gasteiger partial charge in [0.2, 0.25) is 0 Å². The smallest absolute Gasteiger partial charge is 0.255 e. The largest absolute Gasteiger partial charge is 0.364 e. The molecule has 1 aliphatic heterocycles. The van der Waals surface area contributed by atoms with Crippen LogP contribution in [0.3, 0.4) is 0 Å². The highest BCUT2D eigenvalue weighted by Gasteiger charge is 2.29. The molecular formula is C14H16BrN3O2. The van der Waals surface area contributed by atoms with Gasteiger partial charge in [0.15, 0.2) is 5.82 Å². The molecule has 2 atom stereocenters. The van der Waals surface area contributed by atoms with Crippen LogP contribution in [0.5, 0.6) is 0 Å². The van der Waals surface area contributed by atoms with Gasteiger partial charge in [0.25, 0.3) is 5.89 Å². The highest BCUT2D eigenvalue weighted by atomic mass is 79.9. The summed E-state index contributed by atoms with van der Waals surface area (Å²) >= 11 is 3.52. The molecule has 2 unspecified atom stereocenters. The van der Waals surface area contributed by atoms with E-state index in [0.29, 0.717) is 24.7 Å². The van der Waals surface area contributed by atoms with E-state index in [1.54, 1.807) is 0 Å². The Kier molecular flexibility index (Phi) is 4.14. The standard InChI is InChI=1S/C14H16BrN3O2/c15-11-4-2-1-3-9(11)7-13-17-14(20-18-13)12-6-5-10(8-16)19-12/h1-4,10,12H,5-8,16H2. The Bertz CT molecular complexity index is 587. The van der Waals surface area contributed by atoms with Gasteiger partial charge in [0.05, 0.1) is 6.10 Å². The third-order valence-electron chi connectivity index (χ3n) is 3.44. The lowest BCUT2D eigenvalue weighted by atomic mass is 10.1. The maximum atomic E-state index is 5.75. The number of hydrogen-bond acceptors (Lipinski definition) is 5. The van der Waals surface area contributed by atoms with Gasteiger partial charge in [-0.05, 0) is 24.5 Å². The van der Waals surface area contributed by atoms with Gasteiger partial charge in [-0.15, -0.1) is 0 Å². The normalized spacial score (nSPS) is 22.3. The first-order valence-electron chi connectivity index (χ1n) is 6.67. The molecular weight excluding hydrogens is 322 g/mol. The third kappa shape index (κ3) is 2.92. The topological polar surface area (TPSA) is 74.2 Å². The number of hydrogen-bond donors (Lipinski definition) is 1. The monoisotopic (exact) mass is 337 g/mol. The van der Waals surface area contributed by atoms with E-state index in [1.165, 1.54) is 0 Å². The van der Waals surface area contributed by atoms with Crippen LogP contribution < -0.4 is 5.73 Å². The van der Waals surface area contributed by atoms with Crippen LogP contribution >= 0.6 is 15.9 Å². The van der Waals surface area contributed by atoms with Crippen LogP contribution in [0.1, 0.15) is 36.2 Å². The molecule has 106 valence electrons. The number of halogens is 1. The summed E-state index contributed by atoms with van der Waals surface area (Å²) in [4.78, 5) is 4.43. The molecule has 2 heterocycles. The van der Waals surface area contributed by atoms with Crippen molar-refractivity contribution in [2.24, 2.45) is 5.73 Å². The molecule has 0 saturated carbocycles. The molecule has 0 radical (unpaired) electrons. The maximum Gasteiger partial charge on any atom is 0.255 e. The lowest BCUT2D eigenvalue weighted by Gasteiger charge is -2.07. The average Bonchev–Trinajstić information content (AvgIpc) is 3.10. The van der Waals surface area contributed by atoms with Crippen LogP contribution in [0, 0.1) is 0 Å². The molecule has 5 nitrogen and oxygen atoms in total. The Balaban J connectivity index is 1.70. The Labute approximate surface area is 125 Å². The molecule has 3 rings (SSSR count). The van der Waals surface area contributed by atoms with Crippen LogP contribution in [0.15, 0.2) is 33.3 Å². The summed E-state index contributed by atoms with van der Waals surface area (Å²) in [5, 5.41) is 4.03. The number of nitrogens with zero attached hydrogens (tertiary/aromatic N) is 2. The van der Waals surface area contributed by atoms with Gasteiger partial charge in [-0.25, -0.2) is 0 Å². The molecule has 20 heavy (non-hydrogen) atoms. The second-order valence-corrected chi connectivity index (χ2v) is 5.73. The van der Waals surface area contributed by atoms with Crippen molar-refractivity contribution in [1.29, 1.82) is 0 Å². The fourth-order valence-corrected chi connectivity index (χ4v) is 2.77. The van der Waals surface area contributed by atoms with E-state index in [0.717, 1.165) is 22.9 Å². The van der Waals surface area contributed by atoms with Crippen LogP contribution in [0.4, 0.5) is 0 Å². The van der Waals surface area contributed by atoms with Gasteiger partial charge >= 0.3 is 0 Å². The third-order valence-corrected chi connectivity index (χ3v) is 4.21. The quantitative estimate of drug-likeness (QED) is 0.928. The Morgan fingerprint density at radius 2 is 2.15 bits per heavy atom. The van der Waals surface area contributed by atoms with Gasteiger partial charge in [-0.2, -0.15) is 4.98 Å². The van der Waals surface area contributed by atoms with Crippen molar-refractivity contribution >= 4 is 15.9 Å². The van der Waals surface area contributed by atoms with E-state index in [2.05, 4.69) is 26.1 Å². The fraction of sp³-hybridized carbons (Fsp3) is 0.429. The van der Waals surface area contributed by atoms with E-state index in [4.69, 9.17) is 15.0 Å². The van der Waals surface area contributed by atoms with Gasteiger partial charge in [0, 0.05) is 17.4 Å². The van der Waals surface area contributed by atoms with E-state index in [-0.39, 0.29) is 12.2 Å². The molecule has 2 N–H and O–H groups in total. The Morgan fingerprint density at radius 1 is 1.30 bits per heavy atom. The molecule has 2 aromatic rings. The number of benzene rings is 1. The zero-order valence-corrected chi connectivity index (χ0v) is 12.5. The minimum Gasteiger partial charge on any atom is -0.364 e. The summed E-state index contributed by atoms with van der Waals surface area (Å²) in [6, 6.07) is 8.01. The van der Waals surface area contributed by atoms with Crippen molar-refractivity contribution < 1.29 is 9.26 Å². The van der Waals surface area contributed by atoms with Crippen molar-refractivity contribution in [2.45, 2.75) is 31.5 Å². The zero-order valence-electron chi connectivity index (χ0n) is 11.0. The molecule has 0 spiro atoms. The number of rotatable bonds is 4. The highest BCUT2D eigenvalue weighted by Crippen LogP contribution is 2.31. The summed E-state index contributed by atoms with van der Waals surface area (Å²) < 4.78 is 12.1. The molecule has 0 aliphatic carbocycles. The summed E-state index contributed by atoms with van der Waals surface area (Å²) in [6.45, 7) is 0.536. The van der Waals surface area contributed by atoms with Crippen molar-refractivity contribution in [2.75, 3.05) is 6.54 Å². The van der Waals surface area contributed by atoms with Gasteiger partial charge in [0.1, 0.15) is 6.10 Å². The Morgan fingerprint density at radius 3 is 2.90 bits per heavy atom. The van der Waals surface area contributed by atoms with Gasteiger partial charge in [-0.1, -0.05) is 39.3 Å². The Hall–Kier alpha value is -1.24. The second kappa shape index (κ2) is 6.03. The van der Waals surface area contributed by atoms with E-state index < -0.39 is 0 Å². The minimum absolute atomic E-state index is 0.107. The fourth-order valence-electron chi connectivity index (χ4n) is 2.34. The van der Waals surface area contributed by atoms with Gasteiger partial charge < -0.3 is 15.0 Å².